The Bertz CT molecular complexity index is 887. The minimum absolute atomic E-state index is 0.208. The van der Waals surface area contributed by atoms with Gasteiger partial charge in [-0.1, -0.05) is 29.8 Å². The molecule has 1 heterocycles. The number of nitrogens with one attached hydrogen (secondary N) is 1. The Morgan fingerprint density at radius 3 is 2.68 bits per heavy atom. The molecule has 0 saturated carbocycles. The van der Waals surface area contributed by atoms with Crippen LogP contribution in [0, 0.1) is 6.92 Å². The number of ketones is 1. The summed E-state index contributed by atoms with van der Waals surface area (Å²) in [6, 6.07) is 11.2. The predicted octanol–water partition coefficient (Wildman–Crippen LogP) is 3.29. The lowest BCUT2D eigenvalue weighted by Crippen LogP contribution is -2.36. The van der Waals surface area contributed by atoms with Crippen LogP contribution in [0.5, 0.6) is 0 Å². The van der Waals surface area contributed by atoms with Gasteiger partial charge < -0.3 is 10.4 Å². The van der Waals surface area contributed by atoms with Gasteiger partial charge in [-0.25, -0.2) is 0 Å². The number of carbonyl (C=O) groups is 2. The molecule has 2 aromatic rings. The molecule has 128 valence electrons. The molecule has 4 rings (SSSR count). The number of amides is 1. The highest BCUT2D eigenvalue weighted by molar-refractivity contribution is 6.09. The van der Waals surface area contributed by atoms with Crippen LogP contribution in [0.15, 0.2) is 36.4 Å². The molecule has 0 unspecified atom stereocenters. The maximum atomic E-state index is 12.8. The first-order valence-corrected chi connectivity index (χ1v) is 8.77. The van der Waals surface area contributed by atoms with E-state index in [9.17, 15) is 14.7 Å². The van der Waals surface area contributed by atoms with Gasteiger partial charge in [-0.15, -0.1) is 0 Å². The Kier molecular flexibility index (Phi) is 3.73. The van der Waals surface area contributed by atoms with Crippen molar-refractivity contribution < 1.29 is 14.7 Å². The fourth-order valence-electron chi connectivity index (χ4n) is 3.87. The SMILES string of the molecule is Cc1ccc2c(c1)[C@](O)(CC(=O)c1ccc3c(c1)CCCC3)C(=O)N2. The van der Waals surface area contributed by atoms with E-state index in [1.54, 1.807) is 12.1 Å². The third-order valence-corrected chi connectivity index (χ3v) is 5.33. The summed E-state index contributed by atoms with van der Waals surface area (Å²) < 4.78 is 0. The van der Waals surface area contributed by atoms with E-state index in [0.717, 1.165) is 24.8 Å². The fourth-order valence-corrected chi connectivity index (χ4v) is 3.87. The molecule has 0 spiro atoms. The van der Waals surface area contributed by atoms with Crippen LogP contribution in [0.1, 0.15) is 51.9 Å². The average molecular weight is 335 g/mol. The zero-order valence-electron chi connectivity index (χ0n) is 14.3. The number of Topliss-reactive ketones (excluding diaryl/α,β-unsaturated/α-hetero) is 1. The summed E-state index contributed by atoms with van der Waals surface area (Å²) in [7, 11) is 0. The van der Waals surface area contributed by atoms with Gasteiger partial charge in [0.05, 0.1) is 6.42 Å². The Labute approximate surface area is 146 Å². The van der Waals surface area contributed by atoms with Gasteiger partial charge in [0.15, 0.2) is 11.4 Å². The molecule has 2 N–H and O–H groups in total. The van der Waals surface area contributed by atoms with Crippen LogP contribution in [-0.4, -0.2) is 16.8 Å². The van der Waals surface area contributed by atoms with Crippen LogP contribution in [0.3, 0.4) is 0 Å². The zero-order valence-corrected chi connectivity index (χ0v) is 14.3. The van der Waals surface area contributed by atoms with E-state index >= 15 is 0 Å². The second kappa shape index (κ2) is 5.81. The number of hydrogen-bond donors (Lipinski definition) is 2. The normalized spacial score (nSPS) is 21.4. The van der Waals surface area contributed by atoms with E-state index in [4.69, 9.17) is 0 Å². The Hall–Kier alpha value is -2.46. The molecule has 25 heavy (non-hydrogen) atoms. The van der Waals surface area contributed by atoms with E-state index in [1.807, 2.05) is 31.2 Å². The lowest BCUT2D eigenvalue weighted by Gasteiger charge is -2.21. The first kappa shape index (κ1) is 16.0. The molecule has 2 aromatic carbocycles. The fraction of sp³-hybridized carbons (Fsp3) is 0.333. The van der Waals surface area contributed by atoms with Crippen LogP contribution >= 0.6 is 0 Å². The maximum Gasteiger partial charge on any atom is 0.261 e. The second-order valence-electron chi connectivity index (χ2n) is 7.15. The van der Waals surface area contributed by atoms with Crippen molar-refractivity contribution in [3.05, 3.63) is 64.2 Å². The van der Waals surface area contributed by atoms with Crippen molar-refractivity contribution in [2.75, 3.05) is 5.32 Å². The van der Waals surface area contributed by atoms with Crippen molar-refractivity contribution in [1.82, 2.24) is 0 Å². The van der Waals surface area contributed by atoms with Crippen LogP contribution in [0.2, 0.25) is 0 Å². The highest BCUT2D eigenvalue weighted by Crippen LogP contribution is 2.39. The van der Waals surface area contributed by atoms with Crippen molar-refractivity contribution in [2.24, 2.45) is 0 Å². The van der Waals surface area contributed by atoms with Crippen LogP contribution in [-0.2, 0) is 23.2 Å². The third kappa shape index (κ3) is 2.67. The number of hydrogen-bond acceptors (Lipinski definition) is 3. The Morgan fingerprint density at radius 1 is 1.12 bits per heavy atom. The van der Waals surface area contributed by atoms with Crippen LogP contribution in [0.25, 0.3) is 0 Å². The van der Waals surface area contributed by atoms with Crippen molar-refractivity contribution in [2.45, 2.75) is 44.6 Å². The van der Waals surface area contributed by atoms with Crippen molar-refractivity contribution in [1.29, 1.82) is 0 Å². The maximum absolute atomic E-state index is 12.8. The van der Waals surface area contributed by atoms with Gasteiger partial charge >= 0.3 is 0 Å². The molecule has 1 atom stereocenters. The Balaban J connectivity index is 1.65. The number of aryl methyl sites for hydroxylation is 3. The van der Waals surface area contributed by atoms with E-state index in [2.05, 4.69) is 5.32 Å². The molecule has 1 amide bonds. The lowest BCUT2D eigenvalue weighted by molar-refractivity contribution is -0.133. The summed E-state index contributed by atoms with van der Waals surface area (Å²) in [5, 5.41) is 13.7. The number of anilines is 1. The standard InChI is InChI=1S/C21H21NO3/c1-13-6-9-18-17(10-13)21(25,20(24)22-18)12-19(23)16-8-7-14-4-2-3-5-15(14)11-16/h6-11,25H,2-5,12H2,1H3,(H,22,24)/t21-/m1/s1. The molecular formula is C21H21NO3. The minimum atomic E-state index is -1.80. The van der Waals surface area contributed by atoms with E-state index in [1.165, 1.54) is 17.5 Å². The van der Waals surface area contributed by atoms with E-state index in [0.29, 0.717) is 16.8 Å². The largest absolute Gasteiger partial charge is 0.375 e. The van der Waals surface area contributed by atoms with Gasteiger partial charge in [0.2, 0.25) is 0 Å². The summed E-state index contributed by atoms with van der Waals surface area (Å²) in [5.41, 5.74) is 3.31. The molecule has 4 heteroatoms. The minimum Gasteiger partial charge on any atom is -0.375 e. The van der Waals surface area contributed by atoms with Crippen molar-refractivity contribution in [3.8, 4) is 0 Å². The summed E-state index contributed by atoms with van der Waals surface area (Å²) in [4.78, 5) is 25.1. The molecular weight excluding hydrogens is 314 g/mol. The van der Waals surface area contributed by atoms with Gasteiger partial charge in [0.25, 0.3) is 5.91 Å². The number of aliphatic hydroxyl groups is 1. The van der Waals surface area contributed by atoms with Gasteiger partial charge in [0, 0.05) is 16.8 Å². The number of rotatable bonds is 3. The summed E-state index contributed by atoms with van der Waals surface area (Å²) >= 11 is 0. The van der Waals surface area contributed by atoms with Gasteiger partial charge in [-0.3, -0.25) is 9.59 Å². The van der Waals surface area contributed by atoms with Crippen molar-refractivity contribution in [3.63, 3.8) is 0 Å². The quantitative estimate of drug-likeness (QED) is 0.846. The number of fused-ring (bicyclic) bond motifs is 2. The van der Waals surface area contributed by atoms with E-state index < -0.39 is 11.5 Å². The zero-order chi connectivity index (χ0) is 17.6. The molecule has 4 nitrogen and oxygen atoms in total. The first-order chi connectivity index (χ1) is 12.0. The monoisotopic (exact) mass is 335 g/mol. The van der Waals surface area contributed by atoms with E-state index in [-0.39, 0.29) is 12.2 Å². The smallest absolute Gasteiger partial charge is 0.261 e. The molecule has 0 bridgehead atoms. The topological polar surface area (TPSA) is 66.4 Å². The second-order valence-corrected chi connectivity index (χ2v) is 7.15. The molecule has 0 aromatic heterocycles. The molecule has 0 radical (unpaired) electrons. The van der Waals surface area contributed by atoms with Crippen LogP contribution < -0.4 is 5.32 Å². The number of benzene rings is 2. The highest BCUT2D eigenvalue weighted by atomic mass is 16.3. The third-order valence-electron chi connectivity index (χ3n) is 5.33. The molecule has 1 aliphatic heterocycles. The summed E-state index contributed by atoms with van der Waals surface area (Å²) in [6.07, 6.45) is 4.14. The molecule has 0 fully saturated rings. The summed E-state index contributed by atoms with van der Waals surface area (Å²) in [6.45, 7) is 1.90. The summed E-state index contributed by atoms with van der Waals surface area (Å²) in [5.74, 6) is -0.736. The number of carbonyl (C=O) groups excluding carboxylic acids is 2. The molecule has 0 saturated heterocycles. The first-order valence-electron chi connectivity index (χ1n) is 8.77. The Morgan fingerprint density at radius 2 is 1.88 bits per heavy atom. The van der Waals surface area contributed by atoms with Crippen LogP contribution in [0.4, 0.5) is 5.69 Å². The van der Waals surface area contributed by atoms with Gasteiger partial charge in [0.1, 0.15) is 0 Å². The predicted molar refractivity (Wildman–Crippen MR) is 95.7 cm³/mol. The lowest BCUT2D eigenvalue weighted by atomic mass is 9.85. The highest BCUT2D eigenvalue weighted by Gasteiger charge is 2.46. The van der Waals surface area contributed by atoms with Gasteiger partial charge in [-0.2, -0.15) is 0 Å². The average Bonchev–Trinajstić information content (AvgIpc) is 2.85. The van der Waals surface area contributed by atoms with Gasteiger partial charge in [-0.05, 0) is 55.9 Å². The van der Waals surface area contributed by atoms with Crippen molar-refractivity contribution >= 4 is 17.4 Å². The molecule has 1 aliphatic carbocycles. The molecule has 2 aliphatic rings.